The molecule has 0 aliphatic heterocycles. The third kappa shape index (κ3) is 6.90. The van der Waals surface area contributed by atoms with Gasteiger partial charge in [-0.15, -0.1) is 0 Å². The molecule has 0 saturated carbocycles. The first-order valence-corrected chi connectivity index (χ1v) is 13.8. The fourth-order valence-electron chi connectivity index (χ4n) is 3.89. The molecular formula is C28H32ClN3O4S. The lowest BCUT2D eigenvalue weighted by molar-refractivity contribution is -0.139. The van der Waals surface area contributed by atoms with Crippen molar-refractivity contribution in [3.8, 4) is 0 Å². The molecule has 0 spiro atoms. The molecular weight excluding hydrogens is 510 g/mol. The van der Waals surface area contributed by atoms with Gasteiger partial charge in [-0.1, -0.05) is 65.7 Å². The Hall–Kier alpha value is -3.36. The summed E-state index contributed by atoms with van der Waals surface area (Å²) >= 11 is 6.24. The molecule has 0 aliphatic carbocycles. The summed E-state index contributed by atoms with van der Waals surface area (Å²) in [6, 6.07) is 19.8. The summed E-state index contributed by atoms with van der Waals surface area (Å²) in [5, 5.41) is 3.09. The lowest BCUT2D eigenvalue weighted by atomic mass is 10.1. The van der Waals surface area contributed by atoms with Gasteiger partial charge in [-0.2, -0.15) is 0 Å². The number of hydrogen-bond donors (Lipinski definition) is 1. The van der Waals surface area contributed by atoms with Crippen LogP contribution in [0.5, 0.6) is 0 Å². The van der Waals surface area contributed by atoms with Crippen LogP contribution in [0, 0.1) is 13.8 Å². The molecule has 0 radical (unpaired) electrons. The van der Waals surface area contributed by atoms with Gasteiger partial charge in [0.2, 0.25) is 11.8 Å². The third-order valence-corrected chi connectivity index (χ3v) is 8.05. The van der Waals surface area contributed by atoms with Crippen LogP contribution in [-0.4, -0.2) is 44.3 Å². The van der Waals surface area contributed by atoms with Crippen LogP contribution in [0.3, 0.4) is 0 Å². The van der Waals surface area contributed by atoms with Crippen LogP contribution in [0.1, 0.15) is 30.5 Å². The first kappa shape index (κ1) is 28.2. The second-order valence-corrected chi connectivity index (χ2v) is 11.1. The van der Waals surface area contributed by atoms with Crippen LogP contribution in [-0.2, 0) is 26.2 Å². The van der Waals surface area contributed by atoms with E-state index in [1.807, 2.05) is 37.3 Å². The number of hydrogen-bond acceptors (Lipinski definition) is 4. The Bertz CT molecular complexity index is 1350. The molecule has 3 aromatic rings. The third-order valence-electron chi connectivity index (χ3n) is 6.04. The summed E-state index contributed by atoms with van der Waals surface area (Å²) in [7, 11) is -4.14. The van der Waals surface area contributed by atoms with Crippen molar-refractivity contribution in [2.75, 3.05) is 17.4 Å². The highest BCUT2D eigenvalue weighted by Gasteiger charge is 2.33. The zero-order valence-electron chi connectivity index (χ0n) is 21.4. The quantitative estimate of drug-likeness (QED) is 0.403. The van der Waals surface area contributed by atoms with Gasteiger partial charge in [-0.05, 0) is 63.1 Å². The Balaban J connectivity index is 2.06. The number of anilines is 1. The zero-order valence-corrected chi connectivity index (χ0v) is 23.0. The minimum atomic E-state index is -4.14. The van der Waals surface area contributed by atoms with E-state index >= 15 is 0 Å². The second-order valence-electron chi connectivity index (χ2n) is 8.83. The van der Waals surface area contributed by atoms with Gasteiger partial charge in [0.05, 0.1) is 10.6 Å². The molecule has 1 N–H and O–H groups in total. The Kier molecular flexibility index (Phi) is 9.34. The molecule has 3 aromatic carbocycles. The van der Waals surface area contributed by atoms with Crippen LogP contribution in [0.25, 0.3) is 0 Å². The van der Waals surface area contributed by atoms with Crippen molar-refractivity contribution in [1.29, 1.82) is 0 Å². The molecule has 0 aromatic heterocycles. The highest BCUT2D eigenvalue weighted by molar-refractivity contribution is 7.92. The fraction of sp³-hybridized carbons (Fsp3) is 0.286. The molecule has 37 heavy (non-hydrogen) atoms. The highest BCUT2D eigenvalue weighted by atomic mass is 35.5. The molecule has 0 fully saturated rings. The number of carbonyl (C=O) groups excluding carboxylic acids is 2. The van der Waals surface area contributed by atoms with Crippen LogP contribution >= 0.6 is 11.6 Å². The van der Waals surface area contributed by atoms with Crippen molar-refractivity contribution in [3.63, 3.8) is 0 Å². The van der Waals surface area contributed by atoms with E-state index in [1.165, 1.54) is 23.1 Å². The highest BCUT2D eigenvalue weighted by Crippen LogP contribution is 2.30. The second kappa shape index (κ2) is 12.3. The smallest absolute Gasteiger partial charge is 0.264 e. The summed E-state index contributed by atoms with van der Waals surface area (Å²) in [4.78, 5) is 28.0. The summed E-state index contributed by atoms with van der Waals surface area (Å²) in [6.45, 7) is 7.10. The normalized spacial score (nSPS) is 12.0. The van der Waals surface area contributed by atoms with E-state index in [0.29, 0.717) is 22.8 Å². The van der Waals surface area contributed by atoms with E-state index in [-0.39, 0.29) is 17.3 Å². The summed E-state index contributed by atoms with van der Waals surface area (Å²) < 4.78 is 28.8. The number of sulfonamides is 1. The monoisotopic (exact) mass is 541 g/mol. The predicted molar refractivity (Wildman–Crippen MR) is 147 cm³/mol. The topological polar surface area (TPSA) is 86.8 Å². The number of carbonyl (C=O) groups is 2. The van der Waals surface area contributed by atoms with E-state index in [2.05, 4.69) is 5.32 Å². The number of halogens is 1. The summed E-state index contributed by atoms with van der Waals surface area (Å²) in [5.74, 6) is -0.837. The predicted octanol–water partition coefficient (Wildman–Crippen LogP) is 4.71. The van der Waals surface area contributed by atoms with Gasteiger partial charge < -0.3 is 10.2 Å². The molecule has 196 valence electrons. The van der Waals surface area contributed by atoms with Gasteiger partial charge in [-0.25, -0.2) is 8.42 Å². The molecule has 0 saturated heterocycles. The minimum Gasteiger partial charge on any atom is -0.355 e. The molecule has 0 unspecified atom stereocenters. The molecule has 0 aliphatic rings. The Morgan fingerprint density at radius 3 is 2.24 bits per heavy atom. The van der Waals surface area contributed by atoms with Crippen LogP contribution in [0.2, 0.25) is 5.02 Å². The maximum Gasteiger partial charge on any atom is 0.264 e. The number of nitrogens with zero attached hydrogens (tertiary/aromatic N) is 2. The first-order chi connectivity index (χ1) is 17.5. The van der Waals surface area contributed by atoms with Crippen molar-refractivity contribution in [2.45, 2.75) is 45.2 Å². The minimum absolute atomic E-state index is 0.0525. The average Bonchev–Trinajstić information content (AvgIpc) is 2.87. The van der Waals surface area contributed by atoms with Crippen molar-refractivity contribution in [2.24, 2.45) is 0 Å². The molecule has 7 nitrogen and oxygen atoms in total. The van der Waals surface area contributed by atoms with Gasteiger partial charge in [0.1, 0.15) is 12.6 Å². The van der Waals surface area contributed by atoms with E-state index in [4.69, 9.17) is 11.6 Å². The standard InChI is InChI=1S/C28H32ClN3O4S/c1-5-30-28(34)22(4)31(18-23-9-7-6-8-10-23)27(33)19-32(26-17-24(29)14-13-21(26)3)37(35,36)25-15-11-20(2)12-16-25/h6-17,22H,5,18-19H2,1-4H3,(H,30,34)/t22-/m0/s1. The fourth-order valence-corrected chi connectivity index (χ4v) is 5.52. The van der Waals surface area contributed by atoms with Crippen molar-refractivity contribution in [3.05, 3.63) is 94.5 Å². The van der Waals surface area contributed by atoms with Crippen molar-refractivity contribution < 1.29 is 18.0 Å². The molecule has 9 heteroatoms. The van der Waals surface area contributed by atoms with Crippen molar-refractivity contribution >= 4 is 39.1 Å². The Labute approximate surface area is 224 Å². The lowest BCUT2D eigenvalue weighted by Gasteiger charge is -2.32. The van der Waals surface area contributed by atoms with Crippen molar-refractivity contribution in [1.82, 2.24) is 10.2 Å². The molecule has 1 atom stereocenters. The van der Waals surface area contributed by atoms with Gasteiger partial charge in [0, 0.05) is 18.1 Å². The van der Waals surface area contributed by atoms with E-state index in [1.54, 1.807) is 45.0 Å². The molecule has 0 bridgehead atoms. The van der Waals surface area contributed by atoms with Gasteiger partial charge >= 0.3 is 0 Å². The van der Waals surface area contributed by atoms with E-state index in [0.717, 1.165) is 15.4 Å². The molecule has 3 rings (SSSR count). The molecule has 2 amide bonds. The average molecular weight is 542 g/mol. The van der Waals surface area contributed by atoms with Crippen LogP contribution in [0.15, 0.2) is 77.7 Å². The Morgan fingerprint density at radius 1 is 0.973 bits per heavy atom. The van der Waals surface area contributed by atoms with E-state index in [9.17, 15) is 18.0 Å². The summed E-state index contributed by atoms with van der Waals surface area (Å²) in [6.07, 6.45) is 0. The van der Waals surface area contributed by atoms with E-state index < -0.39 is 28.5 Å². The lowest BCUT2D eigenvalue weighted by Crippen LogP contribution is -2.51. The zero-order chi connectivity index (χ0) is 27.2. The van der Waals surface area contributed by atoms with Gasteiger partial charge in [-0.3, -0.25) is 13.9 Å². The number of nitrogens with one attached hydrogen (secondary N) is 1. The summed E-state index contributed by atoms with van der Waals surface area (Å²) in [5.41, 5.74) is 2.66. The molecule has 0 heterocycles. The Morgan fingerprint density at radius 2 is 1.62 bits per heavy atom. The maximum absolute atomic E-state index is 13.9. The van der Waals surface area contributed by atoms with Gasteiger partial charge in [0.25, 0.3) is 10.0 Å². The van der Waals surface area contributed by atoms with Crippen LogP contribution in [0.4, 0.5) is 5.69 Å². The number of rotatable bonds is 10. The number of aryl methyl sites for hydroxylation is 2. The number of benzene rings is 3. The largest absolute Gasteiger partial charge is 0.355 e. The first-order valence-electron chi connectivity index (χ1n) is 12.0. The number of amides is 2. The van der Waals surface area contributed by atoms with Crippen LogP contribution < -0.4 is 9.62 Å². The maximum atomic E-state index is 13.9. The van der Waals surface area contributed by atoms with Gasteiger partial charge in [0.15, 0.2) is 0 Å². The number of likely N-dealkylation sites (N-methyl/N-ethyl adjacent to an activating group) is 1. The SMILES string of the molecule is CCNC(=O)[C@H](C)N(Cc1ccccc1)C(=O)CN(c1cc(Cl)ccc1C)S(=O)(=O)c1ccc(C)cc1.